The number of benzene rings is 2. The van der Waals surface area contributed by atoms with Gasteiger partial charge < -0.3 is 5.73 Å². The Kier molecular flexibility index (Phi) is 2.36. The fraction of sp³-hybridized carbons (Fsp3) is 0.0909. The van der Waals surface area contributed by atoms with E-state index >= 15 is 0 Å². The van der Waals surface area contributed by atoms with E-state index in [0.29, 0.717) is 5.39 Å². The number of nitrogens with two attached hydrogens (primary N) is 1. The number of aryl methyl sites for hydroxylation is 1. The molecule has 0 saturated heterocycles. The van der Waals surface area contributed by atoms with Crippen LogP contribution in [-0.4, -0.2) is 13.0 Å². The molecule has 0 atom stereocenters. The minimum Gasteiger partial charge on any atom is -0.398 e. The van der Waals surface area contributed by atoms with Crippen LogP contribution in [0.1, 0.15) is 5.56 Å². The van der Waals surface area contributed by atoms with Crippen LogP contribution in [0.15, 0.2) is 35.2 Å². The Morgan fingerprint density at radius 1 is 1.19 bits per heavy atom. The molecule has 0 aliphatic rings. The molecule has 5 heteroatoms. The molecule has 0 aliphatic carbocycles. The largest absolute Gasteiger partial charge is 0.398 e. The van der Waals surface area contributed by atoms with Crippen LogP contribution in [0.5, 0.6) is 0 Å². The molecule has 0 fully saturated rings. The first-order valence-corrected chi connectivity index (χ1v) is 6.10. The van der Waals surface area contributed by atoms with Gasteiger partial charge in [-0.05, 0) is 24.4 Å². The van der Waals surface area contributed by atoms with E-state index in [9.17, 15) is 8.42 Å². The highest BCUT2D eigenvalue weighted by Gasteiger charge is 2.17. The molecule has 0 bridgehead atoms. The fourth-order valence-corrected chi connectivity index (χ4v) is 2.53. The quantitative estimate of drug-likeness (QED) is 0.587. The lowest BCUT2D eigenvalue weighted by atomic mass is 10.1. The lowest BCUT2D eigenvalue weighted by molar-refractivity contribution is 0.484. The van der Waals surface area contributed by atoms with Gasteiger partial charge in [-0.25, -0.2) is 0 Å². The summed E-state index contributed by atoms with van der Waals surface area (Å²) in [4.78, 5) is -0.214. The van der Waals surface area contributed by atoms with Crippen molar-refractivity contribution in [3.63, 3.8) is 0 Å². The molecular weight excluding hydrogens is 226 g/mol. The van der Waals surface area contributed by atoms with Crippen molar-refractivity contribution in [1.29, 1.82) is 0 Å². The smallest absolute Gasteiger partial charge is 0.297 e. The summed E-state index contributed by atoms with van der Waals surface area (Å²) in [6, 6.07) is 8.54. The molecule has 0 radical (unpaired) electrons. The minimum atomic E-state index is -4.30. The van der Waals surface area contributed by atoms with Gasteiger partial charge in [-0.1, -0.05) is 23.8 Å². The number of hydrogen-bond donors (Lipinski definition) is 2. The van der Waals surface area contributed by atoms with E-state index in [0.717, 1.165) is 10.9 Å². The van der Waals surface area contributed by atoms with Crippen molar-refractivity contribution >= 4 is 26.6 Å². The van der Waals surface area contributed by atoms with Crippen molar-refractivity contribution in [2.45, 2.75) is 11.8 Å². The second-order valence-corrected chi connectivity index (χ2v) is 5.04. The molecule has 0 heterocycles. The maximum atomic E-state index is 11.3. The van der Waals surface area contributed by atoms with E-state index in [4.69, 9.17) is 10.3 Å². The average Bonchev–Trinajstić information content (AvgIpc) is 2.14. The van der Waals surface area contributed by atoms with Crippen molar-refractivity contribution in [3.8, 4) is 0 Å². The molecule has 2 aromatic rings. The van der Waals surface area contributed by atoms with Crippen LogP contribution in [0.4, 0.5) is 5.69 Å². The third-order valence-electron chi connectivity index (χ3n) is 2.42. The molecular formula is C11H11NO3S. The van der Waals surface area contributed by atoms with E-state index in [2.05, 4.69) is 0 Å². The summed E-state index contributed by atoms with van der Waals surface area (Å²) < 4.78 is 31.7. The molecule has 2 aromatic carbocycles. The van der Waals surface area contributed by atoms with Gasteiger partial charge in [0.1, 0.15) is 4.90 Å². The highest BCUT2D eigenvalue weighted by molar-refractivity contribution is 7.86. The summed E-state index contributed by atoms with van der Waals surface area (Å²) in [7, 11) is -4.30. The highest BCUT2D eigenvalue weighted by Crippen LogP contribution is 2.29. The molecule has 0 aromatic heterocycles. The maximum Gasteiger partial charge on any atom is 0.297 e. The standard InChI is InChI=1S/C11H11NO3S/c1-7-2-3-8-4-5-10(12)11(9(8)6-7)16(13,14)15/h2-6H,12H2,1H3,(H,13,14,15). The van der Waals surface area contributed by atoms with Crippen LogP contribution < -0.4 is 5.73 Å². The molecule has 4 nitrogen and oxygen atoms in total. The molecule has 0 amide bonds. The molecule has 0 saturated carbocycles. The summed E-state index contributed by atoms with van der Waals surface area (Å²) in [5, 5.41) is 1.18. The zero-order valence-electron chi connectivity index (χ0n) is 8.64. The van der Waals surface area contributed by atoms with Crippen LogP contribution in [0.3, 0.4) is 0 Å². The predicted molar refractivity (Wildman–Crippen MR) is 62.9 cm³/mol. The van der Waals surface area contributed by atoms with Crippen molar-refractivity contribution in [3.05, 3.63) is 35.9 Å². The van der Waals surface area contributed by atoms with Gasteiger partial charge in [0.05, 0.1) is 5.69 Å². The molecule has 3 N–H and O–H groups in total. The van der Waals surface area contributed by atoms with E-state index in [1.54, 1.807) is 18.2 Å². The molecule has 2 rings (SSSR count). The van der Waals surface area contributed by atoms with E-state index < -0.39 is 10.1 Å². The monoisotopic (exact) mass is 237 g/mol. The summed E-state index contributed by atoms with van der Waals surface area (Å²) in [5.74, 6) is 0. The van der Waals surface area contributed by atoms with Crippen molar-refractivity contribution in [2.24, 2.45) is 0 Å². The van der Waals surface area contributed by atoms with Crippen LogP contribution in [0, 0.1) is 6.92 Å². The number of rotatable bonds is 1. The third-order valence-corrected chi connectivity index (χ3v) is 3.39. The third kappa shape index (κ3) is 1.75. The molecule has 16 heavy (non-hydrogen) atoms. The normalized spacial score (nSPS) is 11.9. The van der Waals surface area contributed by atoms with E-state index in [-0.39, 0.29) is 10.6 Å². The van der Waals surface area contributed by atoms with Gasteiger partial charge in [-0.15, -0.1) is 0 Å². The zero-order valence-corrected chi connectivity index (χ0v) is 9.45. The summed E-state index contributed by atoms with van der Waals surface area (Å²) in [5.41, 5.74) is 6.55. The highest BCUT2D eigenvalue weighted by atomic mass is 32.2. The summed E-state index contributed by atoms with van der Waals surface area (Å²) >= 11 is 0. The molecule has 0 unspecified atom stereocenters. The Morgan fingerprint density at radius 3 is 2.44 bits per heavy atom. The first-order valence-electron chi connectivity index (χ1n) is 4.66. The van der Waals surface area contributed by atoms with Gasteiger partial charge in [0, 0.05) is 5.39 Å². The zero-order chi connectivity index (χ0) is 11.9. The second kappa shape index (κ2) is 3.47. The number of anilines is 1. The van der Waals surface area contributed by atoms with Crippen LogP contribution in [0.25, 0.3) is 10.8 Å². The number of nitrogen functional groups attached to an aromatic ring is 1. The van der Waals surface area contributed by atoms with Crippen molar-refractivity contribution in [1.82, 2.24) is 0 Å². The molecule has 0 spiro atoms. The van der Waals surface area contributed by atoms with Crippen molar-refractivity contribution in [2.75, 3.05) is 5.73 Å². The Balaban J connectivity index is 3.00. The van der Waals surface area contributed by atoms with Gasteiger partial charge in [0.2, 0.25) is 0 Å². The molecule has 0 aliphatic heterocycles. The summed E-state index contributed by atoms with van der Waals surface area (Å²) in [6.45, 7) is 1.84. The van der Waals surface area contributed by atoms with E-state index in [1.165, 1.54) is 6.07 Å². The van der Waals surface area contributed by atoms with Crippen molar-refractivity contribution < 1.29 is 13.0 Å². The average molecular weight is 237 g/mol. The van der Waals surface area contributed by atoms with Gasteiger partial charge in [0.15, 0.2) is 0 Å². The predicted octanol–water partition coefficient (Wildman–Crippen LogP) is 1.98. The first-order chi connectivity index (χ1) is 7.39. The van der Waals surface area contributed by atoms with Gasteiger partial charge in [-0.3, -0.25) is 4.55 Å². The molecule has 84 valence electrons. The Bertz CT molecular complexity index is 657. The van der Waals surface area contributed by atoms with E-state index in [1.807, 2.05) is 13.0 Å². The van der Waals surface area contributed by atoms with Crippen LogP contribution in [0.2, 0.25) is 0 Å². The van der Waals surface area contributed by atoms with Gasteiger partial charge >= 0.3 is 0 Å². The van der Waals surface area contributed by atoms with Crippen LogP contribution in [-0.2, 0) is 10.1 Å². The SMILES string of the molecule is Cc1ccc2ccc(N)c(S(=O)(=O)O)c2c1. The Morgan fingerprint density at radius 2 is 1.81 bits per heavy atom. The van der Waals surface area contributed by atoms with Gasteiger partial charge in [-0.2, -0.15) is 8.42 Å². The topological polar surface area (TPSA) is 80.4 Å². The fourth-order valence-electron chi connectivity index (χ4n) is 1.71. The first kappa shape index (κ1) is 10.9. The number of hydrogen-bond acceptors (Lipinski definition) is 3. The number of fused-ring (bicyclic) bond motifs is 1. The minimum absolute atomic E-state index is 0.0561. The second-order valence-electron chi connectivity index (χ2n) is 3.68. The lowest BCUT2D eigenvalue weighted by Crippen LogP contribution is -2.04. The maximum absolute atomic E-state index is 11.3. The Hall–Kier alpha value is -1.59. The van der Waals surface area contributed by atoms with Gasteiger partial charge in [0.25, 0.3) is 10.1 Å². The van der Waals surface area contributed by atoms with Crippen LogP contribution >= 0.6 is 0 Å². The lowest BCUT2D eigenvalue weighted by Gasteiger charge is -2.07. The summed E-state index contributed by atoms with van der Waals surface area (Å²) in [6.07, 6.45) is 0. The Labute approximate surface area is 93.4 Å².